The van der Waals surface area contributed by atoms with Crippen LogP contribution in [0.15, 0.2) is 0 Å². The molecule has 0 spiro atoms. The van der Waals surface area contributed by atoms with Crippen LogP contribution in [0.3, 0.4) is 0 Å². The third kappa shape index (κ3) is 27.4. The monoisotopic (exact) mass is 1330 g/mol. The van der Waals surface area contributed by atoms with Gasteiger partial charge in [0.2, 0.25) is 41.4 Å². The molecule has 526 valence electrons. The van der Waals surface area contributed by atoms with Crippen molar-refractivity contribution in [3.63, 3.8) is 0 Å². The highest BCUT2D eigenvalue weighted by molar-refractivity contribution is 6.00. The third-order valence-electron chi connectivity index (χ3n) is 14.6. The molecule has 0 saturated carbocycles. The molecular weight excluding hydrogens is 1240 g/mol. The zero-order valence-corrected chi connectivity index (χ0v) is 51.8. The summed E-state index contributed by atoms with van der Waals surface area (Å²) in [4.78, 5) is 184. The molecule has 0 aromatic rings. The van der Waals surface area contributed by atoms with Crippen LogP contribution in [0, 0.1) is 35.5 Å². The number of carboxylic acids is 1. The number of nitrogens with two attached hydrogens (primary N) is 1. The van der Waals surface area contributed by atoms with E-state index in [0.29, 0.717) is 0 Å². The summed E-state index contributed by atoms with van der Waals surface area (Å²) in [5.74, 6) is -28.0. The molecule has 0 aliphatic rings. The summed E-state index contributed by atoms with van der Waals surface area (Å²) in [6.07, 6.45) is -18.0. The Morgan fingerprint density at radius 1 is 0.272 bits per heavy atom. The number of rotatable bonds is 47. The molecule has 37 nitrogen and oxygen atoms in total. The van der Waals surface area contributed by atoms with Crippen molar-refractivity contribution in [3.05, 3.63) is 0 Å². The van der Waals surface area contributed by atoms with E-state index < -0.39 is 293 Å². The van der Waals surface area contributed by atoms with E-state index in [9.17, 15) is 139 Å². The SMILES string of the molecule is CC(O)C(NC(=O)C(CO)CC(=O)C(NC(=O)C(CO)CC(=O)C(NC(=O)C(CO)CC(=O)C(NC(=O)C(CO)CC(=O)C(NC(=O)C(CO)CC(=O)C(NC(=O)C(CO)CC(=O)C(NC(=O)C(N)CO)C(C)O)C(C)O)C(C)O)C(C)O)C(C)O)C(C)O)C(=O)[O-]. The third-order valence-corrected chi connectivity index (χ3v) is 14.6. The molecule has 0 saturated heterocycles. The van der Waals surface area contributed by atoms with E-state index >= 15 is 0 Å². The van der Waals surface area contributed by atoms with Gasteiger partial charge in [-0.05, 0) is 48.5 Å². The molecule has 0 radical (unpaired) electrons. The average Bonchev–Trinajstić information content (AvgIpc) is 1.15. The van der Waals surface area contributed by atoms with E-state index in [0.717, 1.165) is 48.5 Å². The van der Waals surface area contributed by atoms with Gasteiger partial charge in [0.15, 0.2) is 34.7 Å². The van der Waals surface area contributed by atoms with Gasteiger partial charge >= 0.3 is 0 Å². The standard InChI is InChI=1S/C55H92N8O29/c1-21(71)41(35(78)9-29(15-65)49(85)59-43(23(3)73)37(80)11-31(17-67)51(87)61-45(25(5)75)39(82)13-33(19-69)53(89)63-47(27(7)77)55(91)92)57-48(84)28(14-64)8-36(79)42(22(2)72)58-50(86)30(16-66)10-38(81)44(24(4)74)60-52(88)32(18-68)12-40(83)46(26(6)76)62-54(90)34(56)20-70/h21-34,41-47,64-77H,8-20,56H2,1-7H3,(H,57,84)(H,58,86)(H,59,85)(H,60,88)(H,61,87)(H,62,90)(H,63,89)(H,91,92)/p-1. The zero-order chi connectivity index (χ0) is 71.3. The van der Waals surface area contributed by atoms with Crippen LogP contribution in [0.25, 0.3) is 0 Å². The summed E-state index contributed by atoms with van der Waals surface area (Å²) in [6, 6.07) is -14.8. The maximum atomic E-state index is 13.6. The second kappa shape index (κ2) is 41.7. The molecule has 21 unspecified atom stereocenters. The van der Waals surface area contributed by atoms with Gasteiger partial charge in [-0.15, -0.1) is 0 Å². The van der Waals surface area contributed by atoms with Crippen molar-refractivity contribution in [1.29, 1.82) is 0 Å². The molecule has 21 atom stereocenters. The Balaban J connectivity index is 6.17. The van der Waals surface area contributed by atoms with Gasteiger partial charge in [-0.25, -0.2) is 0 Å². The van der Waals surface area contributed by atoms with Crippen LogP contribution in [-0.4, -0.2) is 291 Å². The van der Waals surface area contributed by atoms with Crippen LogP contribution in [0.1, 0.15) is 87.0 Å². The number of aliphatic hydroxyl groups is 14. The van der Waals surface area contributed by atoms with Crippen molar-refractivity contribution in [1.82, 2.24) is 37.2 Å². The first-order valence-electron chi connectivity index (χ1n) is 29.0. The number of carbonyl (C=O) groups excluding carboxylic acids is 14. The summed E-state index contributed by atoms with van der Waals surface area (Å²) in [5, 5.41) is 168. The number of ketones is 6. The van der Waals surface area contributed by atoms with Crippen LogP contribution >= 0.6 is 0 Å². The van der Waals surface area contributed by atoms with E-state index in [1.165, 1.54) is 0 Å². The Bertz CT molecular complexity index is 2510. The molecular formula is C55H91N8O29-. The lowest BCUT2D eigenvalue weighted by Crippen LogP contribution is -2.56. The predicted molar refractivity (Wildman–Crippen MR) is 307 cm³/mol. The number of hydrogen-bond donors (Lipinski definition) is 22. The molecule has 92 heavy (non-hydrogen) atoms. The zero-order valence-electron chi connectivity index (χ0n) is 51.8. The van der Waals surface area contributed by atoms with Gasteiger partial charge in [0.1, 0.15) is 42.3 Å². The highest BCUT2D eigenvalue weighted by Crippen LogP contribution is 2.18. The van der Waals surface area contributed by atoms with E-state index in [1.807, 2.05) is 5.32 Å². The normalized spacial score (nSPS) is 18.4. The lowest BCUT2D eigenvalue weighted by Gasteiger charge is -2.28. The first-order valence-corrected chi connectivity index (χ1v) is 29.0. The number of amides is 7. The lowest BCUT2D eigenvalue weighted by atomic mass is 9.91. The highest BCUT2D eigenvalue weighted by Gasteiger charge is 2.41. The molecule has 0 bridgehead atoms. The van der Waals surface area contributed by atoms with E-state index in [-0.39, 0.29) is 0 Å². The fourth-order valence-electron chi connectivity index (χ4n) is 8.83. The summed E-state index contributed by atoms with van der Waals surface area (Å²) < 4.78 is 0. The van der Waals surface area contributed by atoms with Crippen molar-refractivity contribution in [2.24, 2.45) is 41.2 Å². The predicted octanol–water partition coefficient (Wildman–Crippen LogP) is -13.5. The summed E-state index contributed by atoms with van der Waals surface area (Å²) in [5.41, 5.74) is 5.44. The fraction of sp³-hybridized carbons (Fsp3) is 0.745. The highest BCUT2D eigenvalue weighted by atomic mass is 16.4. The number of carboxylic acid groups (broad SMARTS) is 1. The molecule has 0 aromatic heterocycles. The van der Waals surface area contributed by atoms with Gasteiger partial charge in [0.25, 0.3) is 0 Å². The molecule has 0 rings (SSSR count). The molecule has 0 aromatic carbocycles. The maximum absolute atomic E-state index is 13.6. The molecule has 0 fully saturated rings. The molecule has 23 N–H and O–H groups in total. The van der Waals surface area contributed by atoms with Gasteiger partial charge in [-0.2, -0.15) is 0 Å². The summed E-state index contributed by atoms with van der Waals surface area (Å²) >= 11 is 0. The van der Waals surface area contributed by atoms with Crippen molar-refractivity contribution in [2.45, 2.75) is 178 Å². The Morgan fingerprint density at radius 3 is 0.533 bits per heavy atom. The maximum Gasteiger partial charge on any atom is 0.239 e. The number of carbonyl (C=O) groups is 14. The lowest BCUT2D eigenvalue weighted by molar-refractivity contribution is -0.310. The molecule has 0 aliphatic carbocycles. The minimum atomic E-state index is -1.98. The molecule has 0 aliphatic heterocycles. The van der Waals surface area contributed by atoms with Gasteiger partial charge in [0, 0.05) is 38.5 Å². The number of Topliss-reactive ketones (excluding diaryl/α,β-unsaturated/α-hetero) is 6. The van der Waals surface area contributed by atoms with E-state index in [1.54, 1.807) is 0 Å². The Hall–Kier alpha value is -6.82. The first-order chi connectivity index (χ1) is 42.7. The Morgan fingerprint density at radius 2 is 0.413 bits per heavy atom. The second-order valence-corrected chi connectivity index (χ2v) is 22.5. The molecule has 0 heterocycles. The van der Waals surface area contributed by atoms with Crippen molar-refractivity contribution >= 4 is 82.0 Å². The minimum Gasteiger partial charge on any atom is -0.548 e. The fourth-order valence-corrected chi connectivity index (χ4v) is 8.83. The Kier molecular flexibility index (Phi) is 38.6. The van der Waals surface area contributed by atoms with Crippen LogP contribution in [-0.2, 0) is 67.1 Å². The minimum absolute atomic E-state index is 0.831. The van der Waals surface area contributed by atoms with Crippen LogP contribution < -0.4 is 48.1 Å². The average molecular weight is 1330 g/mol. The van der Waals surface area contributed by atoms with Crippen molar-refractivity contribution < 1.29 is 144 Å². The number of aliphatic carboxylic acids is 1. The largest absolute Gasteiger partial charge is 0.548 e. The number of hydrogen-bond acceptors (Lipinski definition) is 30. The van der Waals surface area contributed by atoms with Crippen LogP contribution in [0.5, 0.6) is 0 Å². The quantitative estimate of drug-likeness (QED) is 0.0269. The second-order valence-electron chi connectivity index (χ2n) is 22.5. The smallest absolute Gasteiger partial charge is 0.239 e. The first kappa shape index (κ1) is 85.2. The van der Waals surface area contributed by atoms with Gasteiger partial charge in [0.05, 0.1) is 136 Å². The molecule has 37 heteroatoms. The van der Waals surface area contributed by atoms with Crippen molar-refractivity contribution in [3.8, 4) is 0 Å². The topological polar surface area (TPSA) is 655 Å². The number of nitrogens with one attached hydrogen (secondary N) is 7. The Labute approximate surface area is 527 Å². The van der Waals surface area contributed by atoms with Gasteiger partial charge in [-0.3, -0.25) is 62.3 Å². The molecule has 7 amide bonds. The number of aliphatic hydroxyl groups excluding tert-OH is 14. The van der Waals surface area contributed by atoms with E-state index in [4.69, 9.17) is 10.8 Å². The van der Waals surface area contributed by atoms with Gasteiger partial charge in [-0.1, -0.05) is 0 Å². The van der Waals surface area contributed by atoms with E-state index in [2.05, 4.69) is 31.9 Å². The summed E-state index contributed by atoms with van der Waals surface area (Å²) in [7, 11) is 0. The van der Waals surface area contributed by atoms with Crippen LogP contribution in [0.2, 0.25) is 0 Å². The van der Waals surface area contributed by atoms with Crippen LogP contribution in [0.4, 0.5) is 0 Å². The van der Waals surface area contributed by atoms with Gasteiger partial charge < -0.3 is 124 Å². The summed E-state index contributed by atoms with van der Waals surface area (Å²) in [6.45, 7) is -0.480. The van der Waals surface area contributed by atoms with Crippen molar-refractivity contribution in [2.75, 3.05) is 46.2 Å².